The Morgan fingerprint density at radius 2 is 1.69 bits per heavy atom. The molecule has 2 heterocycles. The van der Waals surface area contributed by atoms with Crippen LogP contribution in [0.25, 0.3) is 0 Å². The summed E-state index contributed by atoms with van der Waals surface area (Å²) < 4.78 is 49.4. The summed E-state index contributed by atoms with van der Waals surface area (Å²) in [5.74, 6) is 0.0240. The smallest absolute Gasteiger partial charge is 0.403 e. The van der Waals surface area contributed by atoms with Crippen LogP contribution in [-0.4, -0.2) is 56.2 Å². The molecule has 0 aliphatic carbocycles. The minimum Gasteiger partial charge on any atom is -0.403 e. The molecule has 0 spiro atoms. The Bertz CT molecular complexity index is 751. The SMILES string of the molecule is CC1(C)OB(Cc2ccc(CN3CCS(=O)(=O)CC3)c(F)c2)OC1(C)C. The molecule has 0 N–H and O–H groups in total. The van der Waals surface area contributed by atoms with Crippen LogP contribution in [-0.2, 0) is 32.0 Å². The minimum atomic E-state index is -2.92. The van der Waals surface area contributed by atoms with E-state index in [1.54, 1.807) is 6.07 Å². The predicted octanol–water partition coefficient (Wildman–Crippen LogP) is 2.23. The van der Waals surface area contributed by atoms with Crippen molar-refractivity contribution in [1.82, 2.24) is 4.90 Å². The van der Waals surface area contributed by atoms with Crippen LogP contribution in [0, 0.1) is 5.82 Å². The van der Waals surface area contributed by atoms with E-state index >= 15 is 0 Å². The Labute approximate surface area is 155 Å². The van der Waals surface area contributed by atoms with Crippen LogP contribution in [0.15, 0.2) is 18.2 Å². The van der Waals surface area contributed by atoms with Gasteiger partial charge in [0.15, 0.2) is 9.84 Å². The summed E-state index contributed by atoms with van der Waals surface area (Å²) in [7, 11) is -3.31. The maximum atomic E-state index is 14.5. The summed E-state index contributed by atoms with van der Waals surface area (Å²) in [5, 5.41) is 0. The van der Waals surface area contributed by atoms with Gasteiger partial charge in [0.05, 0.1) is 22.7 Å². The molecule has 1 aromatic rings. The lowest BCUT2D eigenvalue weighted by Gasteiger charge is -2.32. The molecule has 1 aromatic carbocycles. The molecule has 2 fully saturated rings. The largest absolute Gasteiger partial charge is 0.462 e. The zero-order valence-corrected chi connectivity index (χ0v) is 16.7. The normalized spacial score (nSPS) is 24.7. The molecule has 0 atom stereocenters. The summed E-state index contributed by atoms with van der Waals surface area (Å²) in [6.07, 6.45) is 0.492. The van der Waals surface area contributed by atoms with Gasteiger partial charge in [0, 0.05) is 31.5 Å². The second-order valence-electron chi connectivity index (χ2n) is 8.24. The molecule has 2 aliphatic rings. The third kappa shape index (κ3) is 4.30. The van der Waals surface area contributed by atoms with Crippen molar-refractivity contribution < 1.29 is 22.1 Å². The molecule has 2 aliphatic heterocycles. The lowest BCUT2D eigenvalue weighted by atomic mass is 9.80. The first kappa shape index (κ1) is 19.8. The minimum absolute atomic E-state index is 0.147. The molecule has 26 heavy (non-hydrogen) atoms. The van der Waals surface area contributed by atoms with Crippen LogP contribution in [0.4, 0.5) is 4.39 Å². The highest BCUT2D eigenvalue weighted by molar-refractivity contribution is 7.91. The van der Waals surface area contributed by atoms with Crippen molar-refractivity contribution in [3.63, 3.8) is 0 Å². The van der Waals surface area contributed by atoms with Gasteiger partial charge in [-0.25, -0.2) is 12.8 Å². The quantitative estimate of drug-likeness (QED) is 0.747. The van der Waals surface area contributed by atoms with Crippen LogP contribution in [0.3, 0.4) is 0 Å². The van der Waals surface area contributed by atoms with E-state index in [0.717, 1.165) is 5.56 Å². The van der Waals surface area contributed by atoms with E-state index in [-0.39, 0.29) is 17.3 Å². The van der Waals surface area contributed by atoms with Crippen LogP contribution >= 0.6 is 0 Å². The van der Waals surface area contributed by atoms with Crippen LogP contribution < -0.4 is 0 Å². The average Bonchev–Trinajstić information content (AvgIpc) is 2.71. The molecule has 3 rings (SSSR count). The number of nitrogens with zero attached hydrogens (tertiary/aromatic N) is 1. The zero-order chi connectivity index (χ0) is 19.2. The molecular weight excluding hydrogens is 356 g/mol. The molecule has 0 unspecified atom stereocenters. The van der Waals surface area contributed by atoms with Crippen molar-refractivity contribution in [1.29, 1.82) is 0 Å². The molecule has 0 saturated carbocycles. The van der Waals surface area contributed by atoms with Gasteiger partial charge in [0.1, 0.15) is 5.82 Å². The number of hydrogen-bond acceptors (Lipinski definition) is 5. The molecule has 0 radical (unpaired) electrons. The molecule has 0 amide bonds. The van der Waals surface area contributed by atoms with E-state index in [0.29, 0.717) is 31.5 Å². The van der Waals surface area contributed by atoms with Gasteiger partial charge >= 0.3 is 7.12 Å². The maximum Gasteiger partial charge on any atom is 0.462 e. The van der Waals surface area contributed by atoms with E-state index < -0.39 is 28.2 Å². The number of rotatable bonds is 4. The Hall–Kier alpha value is -0.955. The van der Waals surface area contributed by atoms with Gasteiger partial charge < -0.3 is 9.31 Å². The summed E-state index contributed by atoms with van der Waals surface area (Å²) in [6.45, 7) is 9.32. The second kappa shape index (κ2) is 6.89. The first-order chi connectivity index (χ1) is 12.0. The number of sulfone groups is 1. The summed E-state index contributed by atoms with van der Waals surface area (Å²) in [4.78, 5) is 1.98. The number of benzene rings is 1. The Morgan fingerprint density at radius 1 is 1.12 bits per heavy atom. The molecule has 2 saturated heterocycles. The maximum absolute atomic E-state index is 14.5. The van der Waals surface area contributed by atoms with E-state index in [4.69, 9.17) is 9.31 Å². The highest BCUT2D eigenvalue weighted by Crippen LogP contribution is 2.37. The second-order valence-corrected chi connectivity index (χ2v) is 10.5. The van der Waals surface area contributed by atoms with E-state index in [2.05, 4.69) is 0 Å². The average molecular weight is 383 g/mol. The third-order valence-electron chi connectivity index (χ3n) is 5.65. The predicted molar refractivity (Wildman–Crippen MR) is 100 cm³/mol. The van der Waals surface area contributed by atoms with Crippen molar-refractivity contribution in [2.75, 3.05) is 24.6 Å². The summed E-state index contributed by atoms with van der Waals surface area (Å²) in [5.41, 5.74) is 0.614. The Balaban J connectivity index is 1.62. The van der Waals surface area contributed by atoms with Crippen LogP contribution in [0.1, 0.15) is 38.8 Å². The van der Waals surface area contributed by atoms with Gasteiger partial charge in [-0.3, -0.25) is 4.90 Å². The van der Waals surface area contributed by atoms with E-state index in [9.17, 15) is 12.8 Å². The third-order valence-corrected chi connectivity index (χ3v) is 7.26. The van der Waals surface area contributed by atoms with Gasteiger partial charge in [-0.15, -0.1) is 0 Å². The van der Waals surface area contributed by atoms with Gasteiger partial charge in [-0.2, -0.15) is 0 Å². The van der Waals surface area contributed by atoms with Crippen molar-refractivity contribution >= 4 is 17.0 Å². The highest BCUT2D eigenvalue weighted by atomic mass is 32.2. The van der Waals surface area contributed by atoms with Crippen molar-refractivity contribution in [2.45, 2.75) is 51.8 Å². The fourth-order valence-electron chi connectivity index (χ4n) is 3.24. The molecule has 0 bridgehead atoms. The molecular formula is C18H27BFNO4S. The molecule has 5 nitrogen and oxygen atoms in total. The molecule has 144 valence electrons. The number of hydrogen-bond donors (Lipinski definition) is 0. The molecule has 8 heteroatoms. The summed E-state index contributed by atoms with van der Waals surface area (Å²) >= 11 is 0. The fraction of sp³-hybridized carbons (Fsp3) is 0.667. The lowest BCUT2D eigenvalue weighted by molar-refractivity contribution is 0.00578. The van der Waals surface area contributed by atoms with E-state index in [1.165, 1.54) is 6.07 Å². The number of halogens is 1. The first-order valence-electron chi connectivity index (χ1n) is 9.03. The summed E-state index contributed by atoms with van der Waals surface area (Å²) in [6, 6.07) is 5.20. The van der Waals surface area contributed by atoms with Gasteiger partial charge in [-0.05, 0) is 39.3 Å². The first-order valence-corrected chi connectivity index (χ1v) is 10.9. The highest BCUT2D eigenvalue weighted by Gasteiger charge is 2.50. The fourth-order valence-corrected chi connectivity index (χ4v) is 4.51. The van der Waals surface area contributed by atoms with Gasteiger partial charge in [0.25, 0.3) is 0 Å². The van der Waals surface area contributed by atoms with Crippen molar-refractivity contribution in [2.24, 2.45) is 0 Å². The Morgan fingerprint density at radius 3 is 2.23 bits per heavy atom. The topological polar surface area (TPSA) is 55.8 Å². The Kier molecular flexibility index (Phi) is 5.25. The lowest BCUT2D eigenvalue weighted by Crippen LogP contribution is -2.41. The monoisotopic (exact) mass is 383 g/mol. The van der Waals surface area contributed by atoms with Crippen LogP contribution in [0.2, 0.25) is 0 Å². The van der Waals surface area contributed by atoms with Crippen LogP contribution in [0.5, 0.6) is 0 Å². The van der Waals surface area contributed by atoms with Crippen molar-refractivity contribution in [3.8, 4) is 0 Å². The zero-order valence-electron chi connectivity index (χ0n) is 15.9. The van der Waals surface area contributed by atoms with Gasteiger partial charge in [-0.1, -0.05) is 12.1 Å². The van der Waals surface area contributed by atoms with Gasteiger partial charge in [0.2, 0.25) is 0 Å². The molecule has 0 aromatic heterocycles. The standard InChI is InChI=1S/C18H27BFNO4S/c1-17(2)18(3,4)25-19(24-17)12-14-5-6-15(16(20)11-14)13-21-7-9-26(22,23)10-8-21/h5-6,11H,7-10,12-13H2,1-4H3. The van der Waals surface area contributed by atoms with Crippen molar-refractivity contribution in [3.05, 3.63) is 35.1 Å². The van der Waals surface area contributed by atoms with E-state index in [1.807, 2.05) is 38.7 Å².